The van der Waals surface area contributed by atoms with Crippen LogP contribution >= 0.6 is 0 Å². The summed E-state index contributed by atoms with van der Waals surface area (Å²) in [4.78, 5) is 4.76. The maximum absolute atomic E-state index is 10.3. The van der Waals surface area contributed by atoms with E-state index in [0.29, 0.717) is 25.7 Å². The molecule has 1 N–H and O–H groups in total. The molecule has 5 nitrogen and oxygen atoms in total. The first-order valence-electron chi connectivity index (χ1n) is 9.45. The first-order valence-corrected chi connectivity index (χ1v) is 9.45. The van der Waals surface area contributed by atoms with E-state index >= 15 is 0 Å². The minimum Gasteiger partial charge on any atom is -0.389 e. The highest BCUT2D eigenvalue weighted by Gasteiger charge is 2.16. The van der Waals surface area contributed by atoms with Gasteiger partial charge in [0.05, 0.1) is 25.9 Å². The lowest BCUT2D eigenvalue weighted by atomic mass is 10.2. The SMILES string of the molecule is CC(C)COCC(O)CN(CCN1CCOCC1)Cc1ccccc1. The number of benzene rings is 1. The van der Waals surface area contributed by atoms with Crippen LogP contribution in [-0.2, 0) is 16.0 Å². The Hall–Kier alpha value is -0.980. The summed E-state index contributed by atoms with van der Waals surface area (Å²) in [5, 5.41) is 10.3. The molecule has 1 aliphatic heterocycles. The topological polar surface area (TPSA) is 45.2 Å². The molecule has 0 radical (unpaired) electrons. The van der Waals surface area contributed by atoms with Crippen LogP contribution in [-0.4, -0.2) is 80.2 Å². The number of morpholine rings is 1. The Bertz CT molecular complexity index is 450. The van der Waals surface area contributed by atoms with E-state index in [1.54, 1.807) is 0 Å². The number of aliphatic hydroxyl groups is 1. The summed E-state index contributed by atoms with van der Waals surface area (Å²) in [7, 11) is 0. The smallest absolute Gasteiger partial charge is 0.0900 e. The van der Waals surface area contributed by atoms with Crippen molar-refractivity contribution in [2.45, 2.75) is 26.5 Å². The van der Waals surface area contributed by atoms with Crippen molar-refractivity contribution in [3.8, 4) is 0 Å². The van der Waals surface area contributed by atoms with Gasteiger partial charge in [0.25, 0.3) is 0 Å². The summed E-state index contributed by atoms with van der Waals surface area (Å²) in [6.07, 6.45) is -0.452. The minimum atomic E-state index is -0.452. The van der Waals surface area contributed by atoms with E-state index in [1.165, 1.54) is 5.56 Å². The van der Waals surface area contributed by atoms with Gasteiger partial charge >= 0.3 is 0 Å². The maximum Gasteiger partial charge on any atom is 0.0900 e. The maximum atomic E-state index is 10.3. The van der Waals surface area contributed by atoms with Crippen LogP contribution in [0.1, 0.15) is 19.4 Å². The van der Waals surface area contributed by atoms with Gasteiger partial charge in [-0.1, -0.05) is 44.2 Å². The molecule has 1 atom stereocenters. The Balaban J connectivity index is 1.82. The third-order valence-corrected chi connectivity index (χ3v) is 4.32. The highest BCUT2D eigenvalue weighted by Crippen LogP contribution is 2.07. The lowest BCUT2D eigenvalue weighted by Gasteiger charge is -2.31. The summed E-state index contributed by atoms with van der Waals surface area (Å²) in [5.74, 6) is 0.494. The molecule has 0 bridgehead atoms. The molecule has 142 valence electrons. The molecule has 0 aromatic heterocycles. The molecule has 0 saturated carbocycles. The van der Waals surface area contributed by atoms with E-state index < -0.39 is 6.10 Å². The fourth-order valence-electron chi connectivity index (χ4n) is 2.97. The fraction of sp³-hybridized carbons (Fsp3) is 0.700. The van der Waals surface area contributed by atoms with Crippen molar-refractivity contribution in [3.05, 3.63) is 35.9 Å². The van der Waals surface area contributed by atoms with Crippen LogP contribution in [0.5, 0.6) is 0 Å². The standard InChI is InChI=1S/C20H34N2O3/c1-18(2)16-25-17-20(23)15-22(14-19-6-4-3-5-7-19)9-8-21-10-12-24-13-11-21/h3-7,18,20,23H,8-17H2,1-2H3. The van der Waals surface area contributed by atoms with Gasteiger partial charge in [0, 0.05) is 45.9 Å². The van der Waals surface area contributed by atoms with Crippen LogP contribution in [0, 0.1) is 5.92 Å². The van der Waals surface area contributed by atoms with Gasteiger partial charge in [-0.05, 0) is 11.5 Å². The van der Waals surface area contributed by atoms with Crippen LogP contribution in [0.15, 0.2) is 30.3 Å². The molecule has 1 fully saturated rings. The summed E-state index contributed by atoms with van der Waals surface area (Å²) in [6.45, 7) is 12.4. The first kappa shape index (κ1) is 20.3. The zero-order valence-corrected chi connectivity index (χ0v) is 15.8. The van der Waals surface area contributed by atoms with Crippen molar-refractivity contribution in [1.82, 2.24) is 9.80 Å². The quantitative estimate of drug-likeness (QED) is 0.660. The summed E-state index contributed by atoms with van der Waals surface area (Å²) >= 11 is 0. The van der Waals surface area contributed by atoms with E-state index in [9.17, 15) is 5.11 Å². The second kappa shape index (κ2) is 11.6. The summed E-state index contributed by atoms with van der Waals surface area (Å²) in [5.41, 5.74) is 1.28. The molecule has 0 amide bonds. The van der Waals surface area contributed by atoms with Gasteiger partial charge in [-0.2, -0.15) is 0 Å². The van der Waals surface area contributed by atoms with Crippen molar-refractivity contribution in [1.29, 1.82) is 0 Å². The van der Waals surface area contributed by atoms with E-state index in [0.717, 1.165) is 45.9 Å². The van der Waals surface area contributed by atoms with E-state index in [2.05, 4.69) is 47.9 Å². The molecule has 2 rings (SSSR count). The van der Waals surface area contributed by atoms with Crippen LogP contribution < -0.4 is 0 Å². The monoisotopic (exact) mass is 350 g/mol. The van der Waals surface area contributed by atoms with Crippen molar-refractivity contribution < 1.29 is 14.6 Å². The van der Waals surface area contributed by atoms with Crippen LogP contribution in [0.2, 0.25) is 0 Å². The van der Waals surface area contributed by atoms with Gasteiger partial charge in [-0.3, -0.25) is 9.80 Å². The number of ether oxygens (including phenoxy) is 2. The Morgan fingerprint density at radius 2 is 1.88 bits per heavy atom. The van der Waals surface area contributed by atoms with E-state index in [-0.39, 0.29) is 0 Å². The molecule has 1 aliphatic rings. The van der Waals surface area contributed by atoms with Crippen molar-refractivity contribution >= 4 is 0 Å². The van der Waals surface area contributed by atoms with E-state index in [4.69, 9.17) is 9.47 Å². The lowest BCUT2D eigenvalue weighted by Crippen LogP contribution is -2.43. The zero-order chi connectivity index (χ0) is 17.9. The highest BCUT2D eigenvalue weighted by molar-refractivity contribution is 5.14. The van der Waals surface area contributed by atoms with Gasteiger partial charge in [-0.15, -0.1) is 0 Å². The highest BCUT2D eigenvalue weighted by atomic mass is 16.5. The average Bonchev–Trinajstić information content (AvgIpc) is 2.61. The van der Waals surface area contributed by atoms with E-state index in [1.807, 2.05) is 6.07 Å². The van der Waals surface area contributed by atoms with Gasteiger partial charge in [0.2, 0.25) is 0 Å². The third-order valence-electron chi connectivity index (χ3n) is 4.32. The van der Waals surface area contributed by atoms with Crippen LogP contribution in [0.25, 0.3) is 0 Å². The fourth-order valence-corrected chi connectivity index (χ4v) is 2.97. The number of nitrogens with zero attached hydrogens (tertiary/aromatic N) is 2. The number of hydrogen-bond acceptors (Lipinski definition) is 5. The minimum absolute atomic E-state index is 0.404. The second-order valence-corrected chi connectivity index (χ2v) is 7.26. The van der Waals surface area contributed by atoms with Crippen LogP contribution in [0.3, 0.4) is 0 Å². The van der Waals surface area contributed by atoms with Crippen molar-refractivity contribution in [2.75, 3.05) is 59.2 Å². The number of hydrogen-bond donors (Lipinski definition) is 1. The second-order valence-electron chi connectivity index (χ2n) is 7.26. The molecule has 0 spiro atoms. The van der Waals surface area contributed by atoms with Crippen molar-refractivity contribution in [3.63, 3.8) is 0 Å². The van der Waals surface area contributed by atoms with Gasteiger partial charge in [0.1, 0.15) is 0 Å². The molecule has 25 heavy (non-hydrogen) atoms. The third kappa shape index (κ3) is 8.79. The Morgan fingerprint density at radius 1 is 1.16 bits per heavy atom. The molecule has 0 aliphatic carbocycles. The van der Waals surface area contributed by atoms with Gasteiger partial charge in [0.15, 0.2) is 0 Å². The molecule has 1 heterocycles. The molecular formula is C20H34N2O3. The van der Waals surface area contributed by atoms with Crippen molar-refractivity contribution in [2.24, 2.45) is 5.92 Å². The molecule has 1 unspecified atom stereocenters. The Labute approximate surface area is 152 Å². The number of aliphatic hydroxyl groups excluding tert-OH is 1. The van der Waals surface area contributed by atoms with Gasteiger partial charge < -0.3 is 14.6 Å². The Morgan fingerprint density at radius 3 is 2.56 bits per heavy atom. The van der Waals surface area contributed by atoms with Gasteiger partial charge in [-0.25, -0.2) is 0 Å². The summed E-state index contributed by atoms with van der Waals surface area (Å²) in [6, 6.07) is 10.5. The normalized spacial score (nSPS) is 17.3. The average molecular weight is 351 g/mol. The molecule has 5 heteroatoms. The number of rotatable bonds is 11. The predicted octanol–water partition coefficient (Wildman–Crippen LogP) is 1.85. The lowest BCUT2D eigenvalue weighted by molar-refractivity contribution is 0.000957. The zero-order valence-electron chi connectivity index (χ0n) is 15.8. The molecular weight excluding hydrogens is 316 g/mol. The summed E-state index contributed by atoms with van der Waals surface area (Å²) < 4.78 is 11.0. The van der Waals surface area contributed by atoms with Crippen LogP contribution in [0.4, 0.5) is 0 Å². The molecule has 1 aromatic rings. The predicted molar refractivity (Wildman–Crippen MR) is 101 cm³/mol. The Kier molecular flexibility index (Phi) is 9.43. The molecule has 1 aromatic carbocycles. The largest absolute Gasteiger partial charge is 0.389 e. The molecule has 1 saturated heterocycles. The first-order chi connectivity index (χ1) is 12.1.